The summed E-state index contributed by atoms with van der Waals surface area (Å²) in [7, 11) is 1.73. The zero-order valence-corrected chi connectivity index (χ0v) is 16.2. The predicted octanol–water partition coefficient (Wildman–Crippen LogP) is 4.60. The van der Waals surface area contributed by atoms with E-state index in [-0.39, 0.29) is 18.1 Å². The minimum Gasteiger partial charge on any atom is -0.492 e. The summed E-state index contributed by atoms with van der Waals surface area (Å²) in [5, 5.41) is 0.605. The van der Waals surface area contributed by atoms with Gasteiger partial charge in [0.05, 0.1) is 12.7 Å². The molecule has 0 N–H and O–H groups in total. The van der Waals surface area contributed by atoms with Crippen molar-refractivity contribution in [2.75, 3.05) is 20.2 Å². The topological polar surface area (TPSA) is 55.6 Å². The van der Waals surface area contributed by atoms with E-state index in [9.17, 15) is 9.18 Å². The predicted molar refractivity (Wildman–Crippen MR) is 105 cm³/mol. The molecule has 0 atom stereocenters. The number of oxazole rings is 1. The van der Waals surface area contributed by atoms with Crippen molar-refractivity contribution >= 4 is 17.5 Å². The number of aromatic nitrogens is 1. The Morgan fingerprint density at radius 2 is 2.04 bits per heavy atom. The number of hydrogen-bond acceptors (Lipinski definition) is 4. The van der Waals surface area contributed by atoms with Crippen LogP contribution in [0.25, 0.3) is 11.3 Å². The first-order chi connectivity index (χ1) is 13.5. The molecule has 0 fully saturated rings. The first-order valence-electron chi connectivity index (χ1n) is 8.84. The monoisotopic (exact) mass is 402 g/mol. The van der Waals surface area contributed by atoms with E-state index in [4.69, 9.17) is 20.8 Å². The number of benzene rings is 2. The van der Waals surface area contributed by atoms with Gasteiger partial charge in [0.25, 0.3) is 0 Å². The normalized spacial score (nSPS) is 10.7. The molecule has 0 aliphatic carbocycles. The SMILES string of the molecule is CN(CCOc1cccc(Cl)c1)C(=O)CCc1ncc(-c2ccc(F)cc2)o1. The summed E-state index contributed by atoms with van der Waals surface area (Å²) in [6.07, 6.45) is 2.24. The number of carbonyl (C=O) groups excluding carboxylic acids is 1. The van der Waals surface area contributed by atoms with E-state index in [1.807, 2.05) is 12.1 Å². The maximum absolute atomic E-state index is 13.0. The minimum absolute atomic E-state index is 0.0313. The summed E-state index contributed by atoms with van der Waals surface area (Å²) in [5.74, 6) is 1.34. The summed E-state index contributed by atoms with van der Waals surface area (Å²) >= 11 is 5.91. The van der Waals surface area contributed by atoms with Gasteiger partial charge in [-0.15, -0.1) is 0 Å². The van der Waals surface area contributed by atoms with Crippen LogP contribution in [0.4, 0.5) is 4.39 Å². The summed E-state index contributed by atoms with van der Waals surface area (Å²) < 4.78 is 24.2. The highest BCUT2D eigenvalue weighted by Crippen LogP contribution is 2.21. The molecule has 146 valence electrons. The van der Waals surface area contributed by atoms with Crippen LogP contribution in [0.2, 0.25) is 5.02 Å². The van der Waals surface area contributed by atoms with E-state index < -0.39 is 0 Å². The lowest BCUT2D eigenvalue weighted by atomic mass is 10.2. The third-order valence-corrected chi connectivity index (χ3v) is 4.39. The van der Waals surface area contributed by atoms with E-state index in [2.05, 4.69) is 4.98 Å². The van der Waals surface area contributed by atoms with E-state index in [0.29, 0.717) is 42.0 Å². The summed E-state index contributed by atoms with van der Waals surface area (Å²) in [4.78, 5) is 18.1. The number of hydrogen-bond donors (Lipinski definition) is 0. The van der Waals surface area contributed by atoms with Crippen LogP contribution in [-0.4, -0.2) is 36.0 Å². The third kappa shape index (κ3) is 5.57. The van der Waals surface area contributed by atoms with Gasteiger partial charge in [0.15, 0.2) is 11.7 Å². The number of ether oxygens (including phenoxy) is 1. The Bertz CT molecular complexity index is 927. The fourth-order valence-corrected chi connectivity index (χ4v) is 2.74. The lowest BCUT2D eigenvalue weighted by molar-refractivity contribution is -0.130. The van der Waals surface area contributed by atoms with Gasteiger partial charge >= 0.3 is 0 Å². The molecular formula is C21H20ClFN2O3. The summed E-state index contributed by atoms with van der Waals surface area (Å²) in [6, 6.07) is 13.1. The van der Waals surface area contributed by atoms with Crippen LogP contribution in [0.3, 0.4) is 0 Å². The molecule has 0 saturated carbocycles. The zero-order valence-electron chi connectivity index (χ0n) is 15.4. The summed E-state index contributed by atoms with van der Waals surface area (Å²) in [5.41, 5.74) is 0.738. The molecule has 3 aromatic rings. The maximum Gasteiger partial charge on any atom is 0.222 e. The average Bonchev–Trinajstić information content (AvgIpc) is 3.15. The van der Waals surface area contributed by atoms with Crippen molar-refractivity contribution in [3.05, 3.63) is 71.5 Å². The molecule has 0 aliphatic rings. The molecule has 28 heavy (non-hydrogen) atoms. The van der Waals surface area contributed by atoms with Crippen molar-refractivity contribution < 1.29 is 18.3 Å². The molecule has 1 amide bonds. The molecule has 1 aromatic heterocycles. The van der Waals surface area contributed by atoms with Gasteiger partial charge < -0.3 is 14.1 Å². The quantitative estimate of drug-likeness (QED) is 0.552. The molecule has 0 bridgehead atoms. The third-order valence-electron chi connectivity index (χ3n) is 4.15. The van der Waals surface area contributed by atoms with Gasteiger partial charge in [-0.2, -0.15) is 0 Å². The highest BCUT2D eigenvalue weighted by molar-refractivity contribution is 6.30. The Morgan fingerprint density at radius 1 is 1.25 bits per heavy atom. The number of aryl methyl sites for hydroxylation is 1. The van der Waals surface area contributed by atoms with Gasteiger partial charge in [0, 0.05) is 30.5 Å². The number of halogens is 2. The van der Waals surface area contributed by atoms with E-state index in [1.54, 1.807) is 42.4 Å². The van der Waals surface area contributed by atoms with Crippen molar-refractivity contribution in [2.24, 2.45) is 0 Å². The number of likely N-dealkylation sites (N-methyl/N-ethyl adjacent to an activating group) is 1. The maximum atomic E-state index is 13.0. The van der Waals surface area contributed by atoms with Gasteiger partial charge in [0.2, 0.25) is 5.91 Å². The second kappa shape index (κ2) is 9.37. The molecular weight excluding hydrogens is 383 g/mol. The van der Waals surface area contributed by atoms with Crippen LogP contribution < -0.4 is 4.74 Å². The van der Waals surface area contributed by atoms with E-state index >= 15 is 0 Å². The van der Waals surface area contributed by atoms with E-state index in [0.717, 1.165) is 5.56 Å². The largest absolute Gasteiger partial charge is 0.492 e. The molecule has 0 unspecified atom stereocenters. The summed E-state index contributed by atoms with van der Waals surface area (Å²) in [6.45, 7) is 0.827. The Kier molecular flexibility index (Phi) is 6.66. The number of nitrogens with zero attached hydrogens (tertiary/aromatic N) is 2. The van der Waals surface area contributed by atoms with Gasteiger partial charge in [-0.05, 0) is 42.5 Å². The first kappa shape index (κ1) is 19.9. The molecule has 0 saturated heterocycles. The molecule has 0 radical (unpaired) electrons. The second-order valence-corrected chi connectivity index (χ2v) is 6.68. The van der Waals surface area contributed by atoms with Crippen LogP contribution in [0, 0.1) is 5.82 Å². The smallest absolute Gasteiger partial charge is 0.222 e. The van der Waals surface area contributed by atoms with Crippen LogP contribution >= 0.6 is 11.6 Å². The highest BCUT2D eigenvalue weighted by atomic mass is 35.5. The molecule has 7 heteroatoms. The number of carbonyl (C=O) groups is 1. The Balaban J connectivity index is 1.44. The molecule has 1 heterocycles. The Hall–Kier alpha value is -2.86. The van der Waals surface area contributed by atoms with Crippen molar-refractivity contribution in [3.63, 3.8) is 0 Å². The van der Waals surface area contributed by atoms with Gasteiger partial charge in [0.1, 0.15) is 18.2 Å². The van der Waals surface area contributed by atoms with Crippen molar-refractivity contribution in [1.82, 2.24) is 9.88 Å². The highest BCUT2D eigenvalue weighted by Gasteiger charge is 2.12. The van der Waals surface area contributed by atoms with Gasteiger partial charge in [-0.1, -0.05) is 17.7 Å². The zero-order chi connectivity index (χ0) is 19.9. The Labute approximate surface area is 167 Å². The fraction of sp³-hybridized carbons (Fsp3) is 0.238. The van der Waals surface area contributed by atoms with Crippen molar-refractivity contribution in [3.8, 4) is 17.1 Å². The Morgan fingerprint density at radius 3 is 2.79 bits per heavy atom. The van der Waals surface area contributed by atoms with Crippen LogP contribution in [0.1, 0.15) is 12.3 Å². The van der Waals surface area contributed by atoms with Crippen LogP contribution in [0.15, 0.2) is 59.1 Å². The van der Waals surface area contributed by atoms with Crippen LogP contribution in [0.5, 0.6) is 5.75 Å². The standard InChI is InChI=1S/C21H20ClFN2O3/c1-25(11-12-27-18-4-2-3-16(22)13-18)21(26)10-9-20-24-14-19(28-20)15-5-7-17(23)8-6-15/h2-8,13-14H,9-12H2,1H3. The van der Waals surface area contributed by atoms with Gasteiger partial charge in [-0.25, -0.2) is 9.37 Å². The lowest BCUT2D eigenvalue weighted by Gasteiger charge is -2.17. The van der Waals surface area contributed by atoms with Crippen molar-refractivity contribution in [2.45, 2.75) is 12.8 Å². The lowest BCUT2D eigenvalue weighted by Crippen LogP contribution is -2.31. The molecule has 2 aromatic carbocycles. The second-order valence-electron chi connectivity index (χ2n) is 6.25. The number of rotatable bonds is 8. The molecule has 3 rings (SSSR count). The molecule has 0 aliphatic heterocycles. The van der Waals surface area contributed by atoms with E-state index in [1.165, 1.54) is 12.1 Å². The fourth-order valence-electron chi connectivity index (χ4n) is 2.56. The average molecular weight is 403 g/mol. The molecule has 0 spiro atoms. The van der Waals surface area contributed by atoms with Crippen LogP contribution in [-0.2, 0) is 11.2 Å². The van der Waals surface area contributed by atoms with Crippen molar-refractivity contribution in [1.29, 1.82) is 0 Å². The number of amides is 1. The van der Waals surface area contributed by atoms with Gasteiger partial charge in [-0.3, -0.25) is 4.79 Å². The minimum atomic E-state index is -0.309. The first-order valence-corrected chi connectivity index (χ1v) is 9.22. The molecule has 5 nitrogen and oxygen atoms in total.